The second-order valence-corrected chi connectivity index (χ2v) is 8.05. The molecule has 0 unspecified atom stereocenters. The average molecular weight is 495 g/mol. The Balaban J connectivity index is 1.62. The number of H-pyrrole nitrogens is 1. The number of fused-ring (bicyclic) bond motifs is 3. The molecule has 2 aromatic carbocycles. The summed E-state index contributed by atoms with van der Waals surface area (Å²) in [6.07, 6.45) is 5.82. The Labute approximate surface area is 200 Å². The molecule has 34 heavy (non-hydrogen) atoms. The van der Waals surface area contributed by atoms with E-state index in [1.165, 1.54) is 24.7 Å². The van der Waals surface area contributed by atoms with Crippen LogP contribution in [0.2, 0.25) is 10.0 Å². The number of hydrogen-bond donors (Lipinski definition) is 3. The van der Waals surface area contributed by atoms with Crippen LogP contribution in [0.15, 0.2) is 66.0 Å². The lowest BCUT2D eigenvalue weighted by Crippen LogP contribution is -2.13. The summed E-state index contributed by atoms with van der Waals surface area (Å²) < 4.78 is 13.6. The molecule has 5 aromatic rings. The summed E-state index contributed by atoms with van der Waals surface area (Å²) >= 11 is 12.3. The van der Waals surface area contributed by atoms with Crippen molar-refractivity contribution in [3.8, 4) is 0 Å². The van der Waals surface area contributed by atoms with Gasteiger partial charge in [0, 0.05) is 46.5 Å². The van der Waals surface area contributed by atoms with Gasteiger partial charge in [0.1, 0.15) is 17.3 Å². The molecular formula is C23H13Cl2FN6O2. The van der Waals surface area contributed by atoms with E-state index < -0.39 is 11.7 Å². The number of benzene rings is 2. The first-order valence-corrected chi connectivity index (χ1v) is 10.6. The Morgan fingerprint density at radius 1 is 1.00 bits per heavy atom. The maximum atomic E-state index is 13.6. The van der Waals surface area contributed by atoms with Crippen molar-refractivity contribution >= 4 is 68.0 Å². The monoisotopic (exact) mass is 494 g/mol. The quantitative estimate of drug-likeness (QED) is 0.292. The molecular weight excluding hydrogens is 482 g/mol. The summed E-state index contributed by atoms with van der Waals surface area (Å²) in [6, 6.07) is 8.75. The average Bonchev–Trinajstić information content (AvgIpc) is 2.82. The van der Waals surface area contributed by atoms with E-state index in [2.05, 4.69) is 30.6 Å². The van der Waals surface area contributed by atoms with Gasteiger partial charge in [-0.15, -0.1) is 0 Å². The summed E-state index contributed by atoms with van der Waals surface area (Å²) in [4.78, 5) is 39.7. The van der Waals surface area contributed by atoms with Crippen LogP contribution in [0.4, 0.5) is 21.6 Å². The number of carbonyl (C=O) groups is 1. The van der Waals surface area contributed by atoms with Crippen molar-refractivity contribution in [2.24, 2.45) is 0 Å². The smallest absolute Gasteiger partial charge is 0.275 e. The van der Waals surface area contributed by atoms with Gasteiger partial charge in [-0.3, -0.25) is 14.6 Å². The van der Waals surface area contributed by atoms with E-state index in [9.17, 15) is 14.0 Å². The van der Waals surface area contributed by atoms with Gasteiger partial charge in [0.05, 0.1) is 27.4 Å². The minimum atomic E-state index is -0.579. The van der Waals surface area contributed by atoms with Crippen LogP contribution in [-0.4, -0.2) is 25.8 Å². The predicted octanol–water partition coefficient (Wildman–Crippen LogP) is 5.31. The first-order chi connectivity index (χ1) is 16.4. The number of aromatic amines is 1. The van der Waals surface area contributed by atoms with Gasteiger partial charge in [0.25, 0.3) is 5.91 Å². The molecule has 11 heteroatoms. The first kappa shape index (κ1) is 21.7. The number of carbonyl (C=O) groups excluding carboxylic acids is 1. The lowest BCUT2D eigenvalue weighted by molar-refractivity contribution is 0.102. The third-order valence-electron chi connectivity index (χ3n) is 5.00. The molecule has 3 N–H and O–H groups in total. The molecule has 168 valence electrons. The van der Waals surface area contributed by atoms with Gasteiger partial charge in [-0.05, 0) is 30.3 Å². The molecule has 0 fully saturated rings. The van der Waals surface area contributed by atoms with Crippen molar-refractivity contribution in [2.75, 3.05) is 10.6 Å². The minimum absolute atomic E-state index is 0.0620. The summed E-state index contributed by atoms with van der Waals surface area (Å²) in [5.41, 5.74) is 1.14. The third kappa shape index (κ3) is 4.14. The molecule has 0 atom stereocenters. The topological polar surface area (TPSA) is 113 Å². The maximum absolute atomic E-state index is 13.6. The molecule has 3 heterocycles. The Morgan fingerprint density at radius 2 is 1.79 bits per heavy atom. The number of nitrogens with zero attached hydrogens (tertiary/aromatic N) is 3. The lowest BCUT2D eigenvalue weighted by atomic mass is 10.1. The van der Waals surface area contributed by atoms with Crippen LogP contribution >= 0.6 is 23.2 Å². The predicted molar refractivity (Wildman–Crippen MR) is 130 cm³/mol. The van der Waals surface area contributed by atoms with Gasteiger partial charge in [-0.25, -0.2) is 14.4 Å². The van der Waals surface area contributed by atoms with E-state index in [-0.39, 0.29) is 27.0 Å². The molecule has 0 saturated carbocycles. The molecule has 5 rings (SSSR count). The number of halogens is 3. The fourth-order valence-corrected chi connectivity index (χ4v) is 4.04. The van der Waals surface area contributed by atoms with Crippen LogP contribution < -0.4 is 16.2 Å². The van der Waals surface area contributed by atoms with Crippen molar-refractivity contribution in [3.63, 3.8) is 0 Å². The summed E-state index contributed by atoms with van der Waals surface area (Å²) in [7, 11) is 0. The van der Waals surface area contributed by atoms with E-state index in [1.807, 2.05) is 0 Å². The van der Waals surface area contributed by atoms with E-state index in [0.29, 0.717) is 33.2 Å². The van der Waals surface area contributed by atoms with Crippen LogP contribution in [0, 0.1) is 5.82 Å². The Morgan fingerprint density at radius 3 is 2.53 bits per heavy atom. The highest BCUT2D eigenvalue weighted by Gasteiger charge is 2.15. The number of aromatic nitrogens is 4. The van der Waals surface area contributed by atoms with Gasteiger partial charge in [0.2, 0.25) is 5.56 Å². The van der Waals surface area contributed by atoms with Crippen molar-refractivity contribution in [1.82, 2.24) is 19.9 Å². The summed E-state index contributed by atoms with van der Waals surface area (Å²) in [6.45, 7) is 0. The van der Waals surface area contributed by atoms with Crippen LogP contribution in [0.5, 0.6) is 0 Å². The summed E-state index contributed by atoms with van der Waals surface area (Å²) in [5.74, 6) is -0.693. The lowest BCUT2D eigenvalue weighted by Gasteiger charge is -2.14. The van der Waals surface area contributed by atoms with Crippen LogP contribution in [0.3, 0.4) is 0 Å². The molecule has 0 aliphatic rings. The molecule has 0 spiro atoms. The first-order valence-electron chi connectivity index (χ1n) is 9.84. The van der Waals surface area contributed by atoms with Gasteiger partial charge in [-0.2, -0.15) is 0 Å². The standard InChI is InChI=1S/C23H13Cl2FN6O2/c24-16-5-11(26)6-17(25)21(16)32-22-14-8-20(33)29-9-15(14)13-7-12(1-2-18(13)31-22)30-23(34)19-10-27-3-4-28-19/h1-10H,(H,29,33)(H,30,34)(H,31,32). The Kier molecular flexibility index (Phi) is 5.56. The Bertz CT molecular complexity index is 1620. The van der Waals surface area contributed by atoms with E-state index in [4.69, 9.17) is 23.2 Å². The molecule has 0 aliphatic heterocycles. The van der Waals surface area contributed by atoms with Crippen LogP contribution in [-0.2, 0) is 0 Å². The molecule has 3 aromatic heterocycles. The van der Waals surface area contributed by atoms with E-state index in [1.54, 1.807) is 24.4 Å². The number of pyridine rings is 2. The second kappa shape index (κ2) is 8.69. The van der Waals surface area contributed by atoms with Crippen LogP contribution in [0.1, 0.15) is 10.5 Å². The number of nitrogens with one attached hydrogen (secondary N) is 3. The maximum Gasteiger partial charge on any atom is 0.275 e. The number of amides is 1. The van der Waals surface area contributed by atoms with E-state index in [0.717, 1.165) is 12.1 Å². The van der Waals surface area contributed by atoms with Crippen molar-refractivity contribution in [1.29, 1.82) is 0 Å². The molecule has 0 saturated heterocycles. The normalized spacial score (nSPS) is 11.0. The second-order valence-electron chi connectivity index (χ2n) is 7.23. The fraction of sp³-hybridized carbons (Fsp3) is 0. The van der Waals surface area contributed by atoms with Gasteiger partial charge in [0.15, 0.2) is 0 Å². The minimum Gasteiger partial charge on any atom is -0.337 e. The van der Waals surface area contributed by atoms with Gasteiger partial charge >= 0.3 is 0 Å². The number of rotatable bonds is 4. The Hall–Kier alpha value is -4.08. The molecule has 8 nitrogen and oxygen atoms in total. The summed E-state index contributed by atoms with van der Waals surface area (Å²) in [5, 5.41) is 7.72. The van der Waals surface area contributed by atoms with Crippen molar-refractivity contribution in [3.05, 3.63) is 93.1 Å². The number of hydrogen-bond acceptors (Lipinski definition) is 6. The fourth-order valence-electron chi connectivity index (χ4n) is 3.48. The highest BCUT2D eigenvalue weighted by Crippen LogP contribution is 2.37. The largest absolute Gasteiger partial charge is 0.337 e. The van der Waals surface area contributed by atoms with Crippen molar-refractivity contribution in [2.45, 2.75) is 0 Å². The molecule has 0 aliphatic carbocycles. The molecule has 0 radical (unpaired) electrons. The highest BCUT2D eigenvalue weighted by molar-refractivity contribution is 6.39. The molecule has 0 bridgehead atoms. The van der Waals surface area contributed by atoms with Gasteiger partial charge < -0.3 is 15.6 Å². The van der Waals surface area contributed by atoms with Crippen molar-refractivity contribution < 1.29 is 9.18 Å². The zero-order valence-electron chi connectivity index (χ0n) is 17.1. The number of anilines is 3. The van der Waals surface area contributed by atoms with E-state index >= 15 is 0 Å². The third-order valence-corrected chi connectivity index (χ3v) is 5.60. The zero-order valence-corrected chi connectivity index (χ0v) is 18.6. The zero-order chi connectivity index (χ0) is 23.8. The van der Waals surface area contributed by atoms with Crippen LogP contribution in [0.25, 0.3) is 21.7 Å². The molecule has 1 amide bonds. The van der Waals surface area contributed by atoms with Gasteiger partial charge in [-0.1, -0.05) is 23.2 Å². The highest BCUT2D eigenvalue weighted by atomic mass is 35.5. The SMILES string of the molecule is O=C(Nc1ccc2nc(Nc3c(Cl)cc(F)cc3Cl)c3cc(=O)[nH]cc3c2c1)c1cnccn1.